The normalized spacial score (nSPS) is 34.8. The second-order valence-electron chi connectivity index (χ2n) is 6.81. The van der Waals surface area contributed by atoms with Gasteiger partial charge in [-0.2, -0.15) is 0 Å². The van der Waals surface area contributed by atoms with E-state index >= 15 is 0 Å². The lowest BCUT2D eigenvalue weighted by Crippen LogP contribution is -2.45. The highest BCUT2D eigenvalue weighted by Gasteiger charge is 2.37. The summed E-state index contributed by atoms with van der Waals surface area (Å²) in [6.45, 7) is 6.08. The molecule has 1 aliphatic heterocycles. The van der Waals surface area contributed by atoms with E-state index in [1.165, 1.54) is 37.8 Å². The van der Waals surface area contributed by atoms with Crippen LogP contribution in [-0.4, -0.2) is 30.6 Å². The number of fused-ring (bicyclic) bond motifs is 1. The Morgan fingerprint density at radius 3 is 2.70 bits per heavy atom. The van der Waals surface area contributed by atoms with E-state index < -0.39 is 0 Å². The van der Waals surface area contributed by atoms with Gasteiger partial charge in [0.15, 0.2) is 0 Å². The first-order chi connectivity index (χ1) is 9.70. The summed E-state index contributed by atoms with van der Waals surface area (Å²) in [6, 6.07) is 10.9. The first-order valence-corrected chi connectivity index (χ1v) is 8.21. The highest BCUT2D eigenvalue weighted by atomic mass is 15.2. The quantitative estimate of drug-likeness (QED) is 0.830. The topological polar surface area (TPSA) is 15.3 Å². The maximum atomic E-state index is 3.62. The lowest BCUT2D eigenvalue weighted by Gasteiger charge is -2.37. The van der Waals surface area contributed by atoms with E-state index in [4.69, 9.17) is 0 Å². The molecule has 110 valence electrons. The average Bonchev–Trinajstić information content (AvgIpc) is 2.68. The predicted octanol–water partition coefficient (Wildman–Crippen LogP) is 3.38. The van der Waals surface area contributed by atoms with Gasteiger partial charge in [-0.25, -0.2) is 0 Å². The number of nitrogens with zero attached hydrogens (tertiary/aromatic N) is 1. The van der Waals surface area contributed by atoms with E-state index in [0.717, 1.165) is 12.0 Å². The number of hydrogen-bond donors (Lipinski definition) is 1. The number of rotatable bonds is 2. The van der Waals surface area contributed by atoms with Crippen molar-refractivity contribution in [3.63, 3.8) is 0 Å². The van der Waals surface area contributed by atoms with Crippen LogP contribution in [-0.2, 0) is 6.42 Å². The third kappa shape index (κ3) is 2.51. The van der Waals surface area contributed by atoms with Crippen LogP contribution in [0.5, 0.6) is 0 Å². The van der Waals surface area contributed by atoms with Crippen LogP contribution in [0.3, 0.4) is 0 Å². The van der Waals surface area contributed by atoms with Crippen molar-refractivity contribution >= 4 is 0 Å². The first-order valence-electron chi connectivity index (χ1n) is 8.21. The number of likely N-dealkylation sites (tertiary alicyclic amines) is 1. The molecule has 0 spiro atoms. The molecule has 2 nitrogen and oxygen atoms in total. The van der Waals surface area contributed by atoms with Crippen LogP contribution in [0, 0.1) is 5.92 Å². The number of nitrogens with one attached hydrogen (secondary N) is 1. The van der Waals surface area contributed by atoms with E-state index in [1.54, 1.807) is 5.56 Å². The van der Waals surface area contributed by atoms with Crippen molar-refractivity contribution in [3.05, 3.63) is 35.4 Å². The fourth-order valence-electron chi connectivity index (χ4n) is 4.44. The Balaban J connectivity index is 1.91. The molecule has 1 heterocycles. The molecule has 2 aliphatic rings. The smallest absolute Gasteiger partial charge is 0.0478 e. The van der Waals surface area contributed by atoms with Gasteiger partial charge < -0.3 is 5.32 Å². The minimum absolute atomic E-state index is 0.487. The molecular weight excluding hydrogens is 244 g/mol. The molecule has 2 heteroatoms. The van der Waals surface area contributed by atoms with Gasteiger partial charge in [0.2, 0.25) is 0 Å². The molecule has 3 rings (SSSR count). The van der Waals surface area contributed by atoms with Gasteiger partial charge in [0, 0.05) is 24.7 Å². The summed E-state index contributed by atoms with van der Waals surface area (Å²) in [4.78, 5) is 2.77. The van der Waals surface area contributed by atoms with Crippen molar-refractivity contribution in [1.29, 1.82) is 0 Å². The monoisotopic (exact) mass is 272 g/mol. The predicted molar refractivity (Wildman–Crippen MR) is 84.9 cm³/mol. The summed E-state index contributed by atoms with van der Waals surface area (Å²) in [6.07, 6.45) is 5.23. The van der Waals surface area contributed by atoms with Crippen LogP contribution in [0.4, 0.5) is 0 Å². The van der Waals surface area contributed by atoms with Crippen LogP contribution in [0.25, 0.3) is 0 Å². The first kappa shape index (κ1) is 14.1. The van der Waals surface area contributed by atoms with Crippen LogP contribution in [0.15, 0.2) is 24.3 Å². The number of likely N-dealkylation sites (N-methyl/N-ethyl adjacent to an activating group) is 1. The molecule has 1 fully saturated rings. The molecule has 1 aliphatic carbocycles. The van der Waals surface area contributed by atoms with Gasteiger partial charge in [0.25, 0.3) is 0 Å². The van der Waals surface area contributed by atoms with Crippen molar-refractivity contribution in [2.75, 3.05) is 13.6 Å². The highest BCUT2D eigenvalue weighted by molar-refractivity contribution is 5.32. The number of aryl methyl sites for hydroxylation is 1. The van der Waals surface area contributed by atoms with E-state index in [9.17, 15) is 0 Å². The Hall–Kier alpha value is -0.860. The largest absolute Gasteiger partial charge is 0.312 e. The summed E-state index contributed by atoms with van der Waals surface area (Å²) in [5, 5.41) is 3.62. The molecule has 4 atom stereocenters. The Morgan fingerprint density at radius 1 is 1.20 bits per heavy atom. The third-order valence-electron chi connectivity index (χ3n) is 5.29. The van der Waals surface area contributed by atoms with Gasteiger partial charge in [-0.3, -0.25) is 4.90 Å². The van der Waals surface area contributed by atoms with Crippen molar-refractivity contribution in [2.45, 2.75) is 57.7 Å². The molecule has 0 amide bonds. The molecule has 0 aromatic heterocycles. The fraction of sp³-hybridized carbons (Fsp3) is 0.667. The van der Waals surface area contributed by atoms with Gasteiger partial charge in [0.05, 0.1) is 0 Å². The maximum absolute atomic E-state index is 3.62. The van der Waals surface area contributed by atoms with Crippen LogP contribution in [0.2, 0.25) is 0 Å². The molecule has 1 aromatic carbocycles. The fourth-order valence-corrected chi connectivity index (χ4v) is 4.44. The summed E-state index contributed by atoms with van der Waals surface area (Å²) in [7, 11) is 2.13. The van der Waals surface area contributed by atoms with E-state index in [0.29, 0.717) is 12.1 Å². The second-order valence-corrected chi connectivity index (χ2v) is 6.81. The summed E-state index contributed by atoms with van der Waals surface area (Å²) in [5.41, 5.74) is 3.08. The minimum Gasteiger partial charge on any atom is -0.312 e. The van der Waals surface area contributed by atoms with Gasteiger partial charge in [-0.1, -0.05) is 31.2 Å². The third-order valence-corrected chi connectivity index (χ3v) is 5.29. The average molecular weight is 272 g/mol. The summed E-state index contributed by atoms with van der Waals surface area (Å²) in [5.74, 6) is 0.848. The molecular formula is C18H28N2. The van der Waals surface area contributed by atoms with E-state index in [2.05, 4.69) is 55.4 Å². The molecule has 0 bridgehead atoms. The van der Waals surface area contributed by atoms with E-state index in [-0.39, 0.29) is 0 Å². The Morgan fingerprint density at radius 2 is 2.00 bits per heavy atom. The lowest BCUT2D eigenvalue weighted by molar-refractivity contribution is 0.142. The molecule has 1 N–H and O–H groups in total. The van der Waals surface area contributed by atoms with Crippen molar-refractivity contribution in [3.8, 4) is 0 Å². The van der Waals surface area contributed by atoms with Gasteiger partial charge in [-0.05, 0) is 56.7 Å². The van der Waals surface area contributed by atoms with Gasteiger partial charge in [0.1, 0.15) is 0 Å². The zero-order chi connectivity index (χ0) is 14.1. The molecule has 1 aromatic rings. The van der Waals surface area contributed by atoms with Gasteiger partial charge >= 0.3 is 0 Å². The van der Waals surface area contributed by atoms with Crippen LogP contribution < -0.4 is 5.32 Å². The zero-order valence-electron chi connectivity index (χ0n) is 13.1. The highest BCUT2D eigenvalue weighted by Crippen LogP contribution is 2.36. The van der Waals surface area contributed by atoms with Crippen molar-refractivity contribution in [1.82, 2.24) is 10.2 Å². The molecule has 0 saturated carbocycles. The second kappa shape index (κ2) is 5.87. The number of hydrogen-bond acceptors (Lipinski definition) is 2. The van der Waals surface area contributed by atoms with E-state index in [1.807, 2.05) is 0 Å². The molecule has 4 unspecified atom stereocenters. The molecule has 0 radical (unpaired) electrons. The lowest BCUT2D eigenvalue weighted by atomic mass is 9.95. The van der Waals surface area contributed by atoms with Gasteiger partial charge in [-0.15, -0.1) is 0 Å². The van der Waals surface area contributed by atoms with Crippen LogP contribution >= 0.6 is 0 Å². The molecule has 1 saturated heterocycles. The standard InChI is InChI=1S/C18H28N2/c1-13-11-14(2)20(12-13)17-10-6-8-15-7-4-5-9-16(15)18(17)19-3/h4-5,7,9,13-14,17-19H,6,8,10-12H2,1-3H3. The SMILES string of the molecule is CNC1c2ccccc2CCCC1N1CC(C)CC1C. The molecule has 20 heavy (non-hydrogen) atoms. The number of benzene rings is 1. The zero-order valence-corrected chi connectivity index (χ0v) is 13.1. The summed E-state index contributed by atoms with van der Waals surface area (Å²) < 4.78 is 0. The Labute approximate surface area is 123 Å². The minimum atomic E-state index is 0.487. The Bertz CT molecular complexity index is 456. The van der Waals surface area contributed by atoms with Crippen molar-refractivity contribution in [2.24, 2.45) is 5.92 Å². The summed E-state index contributed by atoms with van der Waals surface area (Å²) >= 11 is 0. The maximum Gasteiger partial charge on any atom is 0.0478 e. The Kier molecular flexibility index (Phi) is 4.13. The van der Waals surface area contributed by atoms with Crippen molar-refractivity contribution < 1.29 is 0 Å². The van der Waals surface area contributed by atoms with Crippen LogP contribution in [0.1, 0.15) is 50.3 Å².